The van der Waals surface area contributed by atoms with Crippen LogP contribution in [-0.4, -0.2) is 11.9 Å². The minimum atomic E-state index is -0.544. The van der Waals surface area contributed by atoms with E-state index in [0.717, 1.165) is 25.0 Å². The van der Waals surface area contributed by atoms with Crippen molar-refractivity contribution in [1.29, 1.82) is 0 Å². The number of nitrogens with two attached hydrogens (primary N) is 1. The summed E-state index contributed by atoms with van der Waals surface area (Å²) in [6.45, 7) is 0. The summed E-state index contributed by atoms with van der Waals surface area (Å²) in [6, 6.07) is 2.07. The predicted molar refractivity (Wildman–Crippen MR) is 70.4 cm³/mol. The van der Waals surface area contributed by atoms with Crippen molar-refractivity contribution in [2.24, 2.45) is 11.7 Å². The van der Waals surface area contributed by atoms with Gasteiger partial charge < -0.3 is 11.1 Å². The van der Waals surface area contributed by atoms with E-state index in [4.69, 9.17) is 28.9 Å². The van der Waals surface area contributed by atoms with Gasteiger partial charge in [0.25, 0.3) is 0 Å². The molecule has 1 aromatic rings. The van der Waals surface area contributed by atoms with Gasteiger partial charge in [-0.1, -0.05) is 23.2 Å². The molecule has 1 unspecified atom stereocenters. The zero-order chi connectivity index (χ0) is 13.3. The SMILES string of the molecule is NC(CC(=O)Nc1c(Cl)cc(F)cc1Cl)C1CC1. The largest absolute Gasteiger partial charge is 0.327 e. The number of hydrogen-bond donors (Lipinski definition) is 2. The van der Waals surface area contributed by atoms with Gasteiger partial charge in [0.05, 0.1) is 15.7 Å². The fourth-order valence-corrected chi connectivity index (χ4v) is 2.31. The molecule has 0 saturated heterocycles. The van der Waals surface area contributed by atoms with Gasteiger partial charge in [-0.3, -0.25) is 4.79 Å². The predicted octanol–water partition coefficient (Wildman–Crippen LogP) is 3.20. The van der Waals surface area contributed by atoms with Crippen molar-refractivity contribution in [1.82, 2.24) is 0 Å². The first-order chi connectivity index (χ1) is 8.47. The third kappa shape index (κ3) is 3.34. The van der Waals surface area contributed by atoms with Crippen LogP contribution in [0.4, 0.5) is 10.1 Å². The summed E-state index contributed by atoms with van der Waals surface area (Å²) in [5.74, 6) is -0.364. The molecular weight excluding hydrogens is 278 g/mol. The second-order valence-corrected chi connectivity index (χ2v) is 5.31. The van der Waals surface area contributed by atoms with Gasteiger partial charge in [-0.15, -0.1) is 0 Å². The van der Waals surface area contributed by atoms with Gasteiger partial charge in [0.1, 0.15) is 5.82 Å². The second-order valence-electron chi connectivity index (χ2n) is 4.50. The normalized spacial score (nSPS) is 16.4. The first-order valence-electron chi connectivity index (χ1n) is 5.67. The molecule has 3 N–H and O–H groups in total. The highest BCUT2D eigenvalue weighted by Crippen LogP contribution is 2.34. The molecule has 0 aliphatic heterocycles. The minimum Gasteiger partial charge on any atom is -0.327 e. The van der Waals surface area contributed by atoms with E-state index in [1.54, 1.807) is 0 Å². The third-order valence-electron chi connectivity index (χ3n) is 2.92. The molecule has 1 amide bonds. The van der Waals surface area contributed by atoms with E-state index in [0.29, 0.717) is 5.92 Å². The van der Waals surface area contributed by atoms with Gasteiger partial charge >= 0.3 is 0 Å². The van der Waals surface area contributed by atoms with Gasteiger partial charge in [-0.05, 0) is 30.9 Å². The van der Waals surface area contributed by atoms with Crippen LogP contribution in [0.2, 0.25) is 10.0 Å². The van der Waals surface area contributed by atoms with Crippen molar-refractivity contribution >= 4 is 34.8 Å². The molecule has 0 bridgehead atoms. The van der Waals surface area contributed by atoms with Gasteiger partial charge in [0, 0.05) is 12.5 Å². The Morgan fingerprint density at radius 2 is 2.00 bits per heavy atom. The molecule has 3 nitrogen and oxygen atoms in total. The van der Waals surface area contributed by atoms with Gasteiger partial charge in [0.2, 0.25) is 5.91 Å². The molecule has 0 heterocycles. The summed E-state index contributed by atoms with van der Waals surface area (Å²) in [4.78, 5) is 11.7. The second kappa shape index (κ2) is 5.43. The molecule has 1 atom stereocenters. The van der Waals surface area contributed by atoms with Crippen LogP contribution in [-0.2, 0) is 4.79 Å². The fourth-order valence-electron chi connectivity index (χ4n) is 1.76. The van der Waals surface area contributed by atoms with Crippen LogP contribution >= 0.6 is 23.2 Å². The Morgan fingerprint density at radius 3 is 2.50 bits per heavy atom. The van der Waals surface area contributed by atoms with Gasteiger partial charge in [-0.2, -0.15) is 0 Å². The molecule has 1 aromatic carbocycles. The van der Waals surface area contributed by atoms with E-state index in [2.05, 4.69) is 5.32 Å². The highest BCUT2D eigenvalue weighted by atomic mass is 35.5. The quantitative estimate of drug-likeness (QED) is 0.895. The van der Waals surface area contributed by atoms with E-state index in [1.165, 1.54) is 0 Å². The van der Waals surface area contributed by atoms with Crippen LogP contribution in [0.1, 0.15) is 19.3 Å². The first-order valence-corrected chi connectivity index (χ1v) is 6.43. The highest BCUT2D eigenvalue weighted by molar-refractivity contribution is 6.39. The number of carbonyl (C=O) groups is 1. The van der Waals surface area contributed by atoms with Crippen molar-refractivity contribution in [3.63, 3.8) is 0 Å². The molecule has 1 aliphatic rings. The zero-order valence-electron chi connectivity index (χ0n) is 9.55. The van der Waals surface area contributed by atoms with E-state index >= 15 is 0 Å². The lowest BCUT2D eigenvalue weighted by molar-refractivity contribution is -0.116. The van der Waals surface area contributed by atoms with Crippen LogP contribution in [0.15, 0.2) is 12.1 Å². The standard InChI is InChI=1S/C12H13Cl2FN2O/c13-8-3-7(15)4-9(14)12(8)17-11(18)5-10(16)6-1-2-6/h3-4,6,10H,1-2,5,16H2,(H,17,18). The Morgan fingerprint density at radius 1 is 1.44 bits per heavy atom. The number of amides is 1. The molecule has 98 valence electrons. The summed E-state index contributed by atoms with van der Waals surface area (Å²) >= 11 is 11.6. The first kappa shape index (κ1) is 13.6. The molecule has 0 aromatic heterocycles. The maximum Gasteiger partial charge on any atom is 0.226 e. The number of halogens is 3. The molecule has 0 radical (unpaired) electrons. The van der Waals surface area contributed by atoms with E-state index < -0.39 is 5.82 Å². The number of rotatable bonds is 4. The molecule has 2 rings (SSSR count). The Labute approximate surface area is 114 Å². The smallest absolute Gasteiger partial charge is 0.226 e. The van der Waals surface area contributed by atoms with Crippen molar-refractivity contribution in [3.8, 4) is 0 Å². The summed E-state index contributed by atoms with van der Waals surface area (Å²) in [5.41, 5.74) is 6.08. The number of nitrogens with one attached hydrogen (secondary N) is 1. The van der Waals surface area contributed by atoms with E-state index in [9.17, 15) is 9.18 Å². The molecule has 1 saturated carbocycles. The number of carbonyl (C=O) groups excluding carboxylic acids is 1. The molecule has 6 heteroatoms. The average Bonchev–Trinajstić information content (AvgIpc) is 3.06. The van der Waals surface area contributed by atoms with Crippen molar-refractivity contribution in [3.05, 3.63) is 28.0 Å². The molecule has 1 fully saturated rings. The van der Waals surface area contributed by atoms with E-state index in [-0.39, 0.29) is 34.1 Å². The lowest BCUT2D eigenvalue weighted by Crippen LogP contribution is -2.29. The van der Waals surface area contributed by atoms with Gasteiger partial charge in [0.15, 0.2) is 0 Å². The Hall–Kier alpha value is -0.840. The molecule has 1 aliphatic carbocycles. The minimum absolute atomic E-state index is 0.0772. The average molecular weight is 291 g/mol. The van der Waals surface area contributed by atoms with E-state index in [1.807, 2.05) is 0 Å². The Kier molecular flexibility index (Phi) is 4.10. The lowest BCUT2D eigenvalue weighted by atomic mass is 10.1. The molecular formula is C12H13Cl2FN2O. The fraction of sp³-hybridized carbons (Fsp3) is 0.417. The summed E-state index contributed by atoms with van der Waals surface area (Å²) in [5, 5.41) is 2.72. The highest BCUT2D eigenvalue weighted by Gasteiger charge is 2.30. The maximum absolute atomic E-state index is 13.0. The lowest BCUT2D eigenvalue weighted by Gasteiger charge is -2.12. The van der Waals surface area contributed by atoms with Crippen molar-refractivity contribution < 1.29 is 9.18 Å². The van der Waals surface area contributed by atoms with Gasteiger partial charge in [-0.25, -0.2) is 4.39 Å². The van der Waals surface area contributed by atoms with Crippen LogP contribution in [0, 0.1) is 11.7 Å². The van der Waals surface area contributed by atoms with Crippen LogP contribution in [0.25, 0.3) is 0 Å². The summed E-state index contributed by atoms with van der Waals surface area (Å²) in [6.07, 6.45) is 2.37. The zero-order valence-corrected chi connectivity index (χ0v) is 11.1. The number of anilines is 1. The number of benzene rings is 1. The molecule has 18 heavy (non-hydrogen) atoms. The Balaban J connectivity index is 2.02. The molecule has 0 spiro atoms. The summed E-state index contributed by atoms with van der Waals surface area (Å²) < 4.78 is 13.0. The Bertz CT molecular complexity index is 454. The van der Waals surface area contributed by atoms with Crippen molar-refractivity contribution in [2.45, 2.75) is 25.3 Å². The third-order valence-corrected chi connectivity index (χ3v) is 3.52. The summed E-state index contributed by atoms with van der Waals surface area (Å²) in [7, 11) is 0. The maximum atomic E-state index is 13.0. The van der Waals surface area contributed by atoms with Crippen LogP contribution in [0.5, 0.6) is 0 Å². The van der Waals surface area contributed by atoms with Crippen LogP contribution < -0.4 is 11.1 Å². The topological polar surface area (TPSA) is 55.1 Å². The van der Waals surface area contributed by atoms with Crippen LogP contribution in [0.3, 0.4) is 0 Å². The number of hydrogen-bond acceptors (Lipinski definition) is 2. The van der Waals surface area contributed by atoms with Crippen molar-refractivity contribution in [2.75, 3.05) is 5.32 Å². The monoisotopic (exact) mass is 290 g/mol.